The van der Waals surface area contributed by atoms with Gasteiger partial charge in [-0.05, 0) is 24.4 Å². The molecule has 1 aromatic carbocycles. The average molecular weight is 297 g/mol. The van der Waals surface area contributed by atoms with Crippen molar-refractivity contribution in [1.82, 2.24) is 19.3 Å². The summed E-state index contributed by atoms with van der Waals surface area (Å²) in [6, 6.07) is 4.81. The predicted octanol–water partition coefficient (Wildman–Crippen LogP) is 3.39. The highest BCUT2D eigenvalue weighted by Gasteiger charge is 2.09. The number of halogens is 2. The molecule has 0 saturated heterocycles. The molecule has 2 heterocycles. The van der Waals surface area contributed by atoms with Crippen LogP contribution in [0.4, 0.5) is 4.39 Å². The minimum Gasteiger partial charge on any atom is -0.330 e. The van der Waals surface area contributed by atoms with Crippen molar-refractivity contribution in [3.05, 3.63) is 46.2 Å². The molecule has 3 rings (SSSR count). The first-order valence-electron chi connectivity index (χ1n) is 5.70. The van der Waals surface area contributed by atoms with Crippen molar-refractivity contribution in [2.45, 2.75) is 13.1 Å². The van der Waals surface area contributed by atoms with E-state index in [4.69, 9.17) is 23.8 Å². The molecule has 0 aliphatic heterocycles. The second-order valence-electron chi connectivity index (χ2n) is 4.13. The normalized spacial score (nSPS) is 11.3. The first-order valence-corrected chi connectivity index (χ1v) is 6.49. The third-order valence-electron chi connectivity index (χ3n) is 2.93. The van der Waals surface area contributed by atoms with Crippen LogP contribution >= 0.6 is 23.8 Å². The Balaban J connectivity index is 2.00. The average Bonchev–Trinajstić information content (AvgIpc) is 2.96. The van der Waals surface area contributed by atoms with E-state index in [1.165, 1.54) is 6.07 Å². The fourth-order valence-electron chi connectivity index (χ4n) is 2.01. The van der Waals surface area contributed by atoms with Gasteiger partial charge in [0, 0.05) is 25.0 Å². The highest BCUT2D eigenvalue weighted by atomic mass is 35.5. The number of aromatic nitrogens is 4. The summed E-state index contributed by atoms with van der Waals surface area (Å²) >= 11 is 11.1. The number of nitrogens with one attached hydrogen (secondary N) is 1. The van der Waals surface area contributed by atoms with E-state index in [0.29, 0.717) is 23.4 Å². The smallest absolute Gasteiger partial charge is 0.178 e. The van der Waals surface area contributed by atoms with Crippen LogP contribution in [0.25, 0.3) is 11.0 Å². The molecule has 0 aliphatic carbocycles. The molecule has 4 nitrogen and oxygen atoms in total. The van der Waals surface area contributed by atoms with E-state index < -0.39 is 5.82 Å². The molecule has 0 unspecified atom stereocenters. The zero-order valence-corrected chi connectivity index (χ0v) is 11.4. The van der Waals surface area contributed by atoms with Crippen LogP contribution in [0, 0.1) is 10.6 Å². The molecule has 98 valence electrons. The molecule has 1 N–H and O–H groups in total. The Bertz CT molecular complexity index is 775. The minimum atomic E-state index is -0.454. The lowest BCUT2D eigenvalue weighted by Gasteiger charge is -2.05. The van der Waals surface area contributed by atoms with E-state index in [1.807, 2.05) is 21.5 Å². The van der Waals surface area contributed by atoms with E-state index in [1.54, 1.807) is 12.3 Å². The molecule has 0 spiro atoms. The topological polar surface area (TPSA) is 38.5 Å². The number of aromatic amines is 1. The molecule has 7 heteroatoms. The van der Waals surface area contributed by atoms with E-state index in [-0.39, 0.29) is 5.02 Å². The van der Waals surface area contributed by atoms with Gasteiger partial charge in [0.05, 0.1) is 22.6 Å². The van der Waals surface area contributed by atoms with E-state index in [9.17, 15) is 4.39 Å². The molecule has 0 saturated carbocycles. The van der Waals surface area contributed by atoms with Gasteiger partial charge in [-0.2, -0.15) is 5.10 Å². The number of aryl methyl sites for hydroxylation is 2. The monoisotopic (exact) mass is 296 g/mol. The number of imidazole rings is 1. The highest BCUT2D eigenvalue weighted by Crippen LogP contribution is 2.22. The van der Waals surface area contributed by atoms with Crippen LogP contribution in [0.2, 0.25) is 5.02 Å². The molecule has 0 fully saturated rings. The summed E-state index contributed by atoms with van der Waals surface area (Å²) in [7, 11) is 0. The molecule has 0 bridgehead atoms. The summed E-state index contributed by atoms with van der Waals surface area (Å²) in [6.45, 7) is 1.33. The number of nitrogens with zero attached hydrogens (tertiary/aromatic N) is 3. The number of hydrogen-bond donors (Lipinski definition) is 1. The van der Waals surface area contributed by atoms with Crippen LogP contribution in [-0.2, 0) is 13.1 Å². The second-order valence-corrected chi connectivity index (χ2v) is 4.93. The molecule has 0 atom stereocenters. The van der Waals surface area contributed by atoms with Crippen LogP contribution in [0.1, 0.15) is 0 Å². The van der Waals surface area contributed by atoms with Gasteiger partial charge in [-0.3, -0.25) is 4.68 Å². The third kappa shape index (κ3) is 2.29. The van der Waals surface area contributed by atoms with Gasteiger partial charge in [0.25, 0.3) is 0 Å². The van der Waals surface area contributed by atoms with Crippen molar-refractivity contribution < 1.29 is 4.39 Å². The van der Waals surface area contributed by atoms with E-state index in [2.05, 4.69) is 10.1 Å². The number of rotatable bonds is 3. The van der Waals surface area contributed by atoms with Gasteiger partial charge in [-0.15, -0.1) is 0 Å². The fourth-order valence-corrected chi connectivity index (χ4v) is 2.47. The highest BCUT2D eigenvalue weighted by molar-refractivity contribution is 7.71. The first kappa shape index (κ1) is 12.4. The van der Waals surface area contributed by atoms with Crippen LogP contribution in [0.5, 0.6) is 0 Å². The van der Waals surface area contributed by atoms with Gasteiger partial charge >= 0.3 is 0 Å². The van der Waals surface area contributed by atoms with Crippen molar-refractivity contribution in [3.63, 3.8) is 0 Å². The lowest BCUT2D eigenvalue weighted by atomic mass is 10.3. The molecular formula is C12H10ClFN4S. The number of H-pyrrole nitrogens is 1. The predicted molar refractivity (Wildman–Crippen MR) is 74.3 cm³/mol. The largest absolute Gasteiger partial charge is 0.330 e. The molecular weight excluding hydrogens is 287 g/mol. The Morgan fingerprint density at radius 2 is 2.21 bits per heavy atom. The van der Waals surface area contributed by atoms with Gasteiger partial charge in [0.2, 0.25) is 0 Å². The summed E-state index contributed by atoms with van der Waals surface area (Å²) in [4.78, 5) is 2.97. The summed E-state index contributed by atoms with van der Waals surface area (Å²) in [5.74, 6) is -0.454. The third-order valence-corrected chi connectivity index (χ3v) is 3.54. The number of hydrogen-bond acceptors (Lipinski definition) is 2. The molecule has 0 aliphatic rings. The molecule has 2 aromatic heterocycles. The summed E-state index contributed by atoms with van der Waals surface area (Å²) < 4.78 is 17.6. The number of fused-ring (bicyclic) bond motifs is 1. The van der Waals surface area contributed by atoms with Crippen molar-refractivity contribution in [2.75, 3.05) is 0 Å². The van der Waals surface area contributed by atoms with Gasteiger partial charge in [-0.25, -0.2) is 4.39 Å². The lowest BCUT2D eigenvalue weighted by molar-refractivity contribution is 0.538. The fraction of sp³-hybridized carbons (Fsp3) is 0.167. The van der Waals surface area contributed by atoms with Crippen molar-refractivity contribution in [3.8, 4) is 0 Å². The van der Waals surface area contributed by atoms with E-state index >= 15 is 0 Å². The minimum absolute atomic E-state index is 0.0920. The Kier molecular flexibility index (Phi) is 3.12. The Morgan fingerprint density at radius 1 is 1.37 bits per heavy atom. The Hall–Kier alpha value is -1.66. The maximum atomic E-state index is 13.4. The second kappa shape index (κ2) is 4.79. The summed E-state index contributed by atoms with van der Waals surface area (Å²) in [5, 5.41) is 4.22. The standard InChI is InChI=1S/C12H10ClFN4S/c13-8-6-11-10(7-9(8)14)16-12(19)18(11)5-4-17-3-1-2-15-17/h1-3,6-7H,4-5H2,(H,16,19). The number of benzene rings is 1. The molecule has 3 aromatic rings. The van der Waals surface area contributed by atoms with Crippen molar-refractivity contribution in [2.24, 2.45) is 0 Å². The molecule has 0 amide bonds. The van der Waals surface area contributed by atoms with Crippen molar-refractivity contribution in [1.29, 1.82) is 0 Å². The first-order chi connectivity index (χ1) is 9.15. The van der Waals surface area contributed by atoms with Crippen LogP contribution < -0.4 is 0 Å². The van der Waals surface area contributed by atoms with Crippen LogP contribution in [0.3, 0.4) is 0 Å². The van der Waals surface area contributed by atoms with Gasteiger partial charge in [0.1, 0.15) is 5.82 Å². The summed E-state index contributed by atoms with van der Waals surface area (Å²) in [6.07, 6.45) is 3.60. The zero-order chi connectivity index (χ0) is 13.4. The molecule has 19 heavy (non-hydrogen) atoms. The quantitative estimate of drug-likeness (QED) is 0.753. The Labute approximate surface area is 118 Å². The maximum absolute atomic E-state index is 13.4. The SMILES string of the molecule is Fc1cc2[nH]c(=S)n(CCn3cccn3)c2cc1Cl. The van der Waals surface area contributed by atoms with Crippen molar-refractivity contribution >= 4 is 34.9 Å². The maximum Gasteiger partial charge on any atom is 0.178 e. The summed E-state index contributed by atoms with van der Waals surface area (Å²) in [5.41, 5.74) is 1.44. The van der Waals surface area contributed by atoms with Crippen LogP contribution in [-0.4, -0.2) is 19.3 Å². The van der Waals surface area contributed by atoms with Gasteiger partial charge in [0.15, 0.2) is 4.77 Å². The lowest BCUT2D eigenvalue weighted by Crippen LogP contribution is -2.07. The molecule has 0 radical (unpaired) electrons. The Morgan fingerprint density at radius 3 is 2.95 bits per heavy atom. The van der Waals surface area contributed by atoms with Crippen LogP contribution in [0.15, 0.2) is 30.6 Å². The van der Waals surface area contributed by atoms with E-state index in [0.717, 1.165) is 5.52 Å². The zero-order valence-electron chi connectivity index (χ0n) is 9.81. The van der Waals surface area contributed by atoms with Gasteiger partial charge in [-0.1, -0.05) is 11.6 Å². The van der Waals surface area contributed by atoms with Gasteiger partial charge < -0.3 is 9.55 Å².